The van der Waals surface area contributed by atoms with E-state index >= 15 is 0 Å². The van der Waals surface area contributed by atoms with E-state index < -0.39 is 0 Å². The van der Waals surface area contributed by atoms with Crippen molar-refractivity contribution in [2.24, 2.45) is 5.73 Å². The predicted molar refractivity (Wildman–Crippen MR) is 75.7 cm³/mol. The van der Waals surface area contributed by atoms with Crippen LogP contribution in [0, 0.1) is 20.8 Å². The molecule has 0 aliphatic heterocycles. The molecular formula is C15H24N2O. The Morgan fingerprint density at radius 1 is 1.22 bits per heavy atom. The van der Waals surface area contributed by atoms with E-state index in [0.29, 0.717) is 0 Å². The van der Waals surface area contributed by atoms with Crippen molar-refractivity contribution < 1.29 is 4.79 Å². The van der Waals surface area contributed by atoms with E-state index in [-0.39, 0.29) is 17.9 Å². The number of rotatable bonds is 5. The zero-order valence-electron chi connectivity index (χ0n) is 12.1. The summed E-state index contributed by atoms with van der Waals surface area (Å²) in [5.41, 5.74) is 10.4. The smallest absolute Gasteiger partial charge is 0.231 e. The lowest BCUT2D eigenvalue weighted by Gasteiger charge is -2.29. The van der Waals surface area contributed by atoms with E-state index in [1.54, 1.807) is 0 Å². The molecule has 0 aromatic heterocycles. The van der Waals surface area contributed by atoms with Crippen molar-refractivity contribution in [3.8, 4) is 0 Å². The van der Waals surface area contributed by atoms with Crippen molar-refractivity contribution in [3.05, 3.63) is 34.4 Å². The molecule has 3 nitrogen and oxygen atoms in total. The van der Waals surface area contributed by atoms with Gasteiger partial charge in [-0.1, -0.05) is 31.5 Å². The maximum atomic E-state index is 10.8. The van der Waals surface area contributed by atoms with Crippen molar-refractivity contribution >= 4 is 5.91 Å². The van der Waals surface area contributed by atoms with Crippen LogP contribution in [0.25, 0.3) is 0 Å². The van der Waals surface area contributed by atoms with E-state index in [2.05, 4.69) is 52.1 Å². The van der Waals surface area contributed by atoms with Gasteiger partial charge in [-0.05, 0) is 37.5 Å². The maximum Gasteiger partial charge on any atom is 0.231 e. The van der Waals surface area contributed by atoms with Crippen LogP contribution in [-0.2, 0) is 10.2 Å². The number of hydrogen-bond donors (Lipinski definition) is 2. The molecule has 1 amide bonds. The maximum absolute atomic E-state index is 10.8. The summed E-state index contributed by atoms with van der Waals surface area (Å²) in [5, 5.41) is 3.12. The van der Waals surface area contributed by atoms with Gasteiger partial charge in [0.25, 0.3) is 0 Å². The highest BCUT2D eigenvalue weighted by Gasteiger charge is 2.24. The molecule has 0 atom stereocenters. The average Bonchev–Trinajstić information content (AvgIpc) is 2.13. The number of nitrogens with one attached hydrogen (secondary N) is 1. The molecule has 0 bridgehead atoms. The van der Waals surface area contributed by atoms with Gasteiger partial charge in [-0.3, -0.25) is 4.79 Å². The van der Waals surface area contributed by atoms with Crippen LogP contribution in [0.5, 0.6) is 0 Å². The molecule has 0 heterocycles. The lowest BCUT2D eigenvalue weighted by Crippen LogP contribution is -2.38. The second-order valence-electron chi connectivity index (χ2n) is 5.73. The Balaban J connectivity index is 2.94. The molecule has 1 aromatic carbocycles. The van der Waals surface area contributed by atoms with Crippen molar-refractivity contribution in [2.75, 3.05) is 13.1 Å². The molecule has 3 N–H and O–H groups in total. The highest BCUT2D eigenvalue weighted by atomic mass is 16.1. The number of amides is 1. The van der Waals surface area contributed by atoms with Crippen LogP contribution >= 0.6 is 0 Å². The van der Waals surface area contributed by atoms with Crippen LogP contribution in [0.15, 0.2) is 12.1 Å². The standard InChI is InChI=1S/C15H24N2O/c1-10-6-11(2)14(12(3)7-10)15(4,5)9-17-8-13(16)18/h6-7,17H,8-9H2,1-5H3,(H2,16,18). The fourth-order valence-corrected chi connectivity index (χ4v) is 2.83. The first-order valence-electron chi connectivity index (χ1n) is 6.31. The van der Waals surface area contributed by atoms with E-state index in [1.165, 1.54) is 22.3 Å². The summed E-state index contributed by atoms with van der Waals surface area (Å²) in [7, 11) is 0. The Hall–Kier alpha value is -1.35. The minimum absolute atomic E-state index is 0.0166. The van der Waals surface area contributed by atoms with Crippen LogP contribution in [-0.4, -0.2) is 19.0 Å². The van der Waals surface area contributed by atoms with Gasteiger partial charge in [0.15, 0.2) is 0 Å². The normalized spacial score (nSPS) is 11.6. The van der Waals surface area contributed by atoms with Crippen LogP contribution < -0.4 is 11.1 Å². The lowest BCUT2D eigenvalue weighted by molar-refractivity contribution is -0.117. The molecule has 1 rings (SSSR count). The molecule has 0 spiro atoms. The van der Waals surface area contributed by atoms with Crippen molar-refractivity contribution in [2.45, 2.75) is 40.0 Å². The van der Waals surface area contributed by atoms with Crippen molar-refractivity contribution in [3.63, 3.8) is 0 Å². The first kappa shape index (κ1) is 14.7. The number of carbonyl (C=O) groups excluding carboxylic acids is 1. The minimum atomic E-state index is -0.317. The summed E-state index contributed by atoms with van der Waals surface area (Å²) in [6.07, 6.45) is 0. The largest absolute Gasteiger partial charge is 0.369 e. The van der Waals surface area contributed by atoms with Crippen molar-refractivity contribution in [1.29, 1.82) is 0 Å². The second-order valence-corrected chi connectivity index (χ2v) is 5.73. The fourth-order valence-electron chi connectivity index (χ4n) is 2.83. The number of nitrogens with two attached hydrogens (primary N) is 1. The van der Waals surface area contributed by atoms with Gasteiger partial charge in [-0.15, -0.1) is 0 Å². The van der Waals surface area contributed by atoms with Gasteiger partial charge >= 0.3 is 0 Å². The summed E-state index contributed by atoms with van der Waals surface area (Å²) in [6, 6.07) is 4.41. The Bertz CT molecular complexity index is 427. The van der Waals surface area contributed by atoms with Crippen LogP contribution in [0.1, 0.15) is 36.1 Å². The van der Waals surface area contributed by atoms with Gasteiger partial charge < -0.3 is 11.1 Å². The zero-order chi connectivity index (χ0) is 13.9. The lowest BCUT2D eigenvalue weighted by atomic mass is 9.79. The summed E-state index contributed by atoms with van der Waals surface area (Å²) < 4.78 is 0. The van der Waals surface area contributed by atoms with Gasteiger partial charge in [0, 0.05) is 12.0 Å². The minimum Gasteiger partial charge on any atom is -0.369 e. The third-order valence-corrected chi connectivity index (χ3v) is 3.22. The van der Waals surface area contributed by atoms with Gasteiger partial charge in [-0.25, -0.2) is 0 Å². The molecule has 18 heavy (non-hydrogen) atoms. The molecular weight excluding hydrogens is 224 g/mol. The Labute approximate surface area is 110 Å². The zero-order valence-corrected chi connectivity index (χ0v) is 12.1. The molecule has 0 unspecified atom stereocenters. The first-order chi connectivity index (χ1) is 8.24. The number of aryl methyl sites for hydroxylation is 3. The summed E-state index contributed by atoms with van der Waals surface area (Å²) in [5.74, 6) is -0.317. The average molecular weight is 248 g/mol. The molecule has 0 aliphatic carbocycles. The van der Waals surface area contributed by atoms with Gasteiger partial charge in [-0.2, -0.15) is 0 Å². The van der Waals surface area contributed by atoms with Crippen molar-refractivity contribution in [1.82, 2.24) is 5.32 Å². The first-order valence-corrected chi connectivity index (χ1v) is 6.31. The molecule has 0 saturated carbocycles. The van der Waals surface area contributed by atoms with Gasteiger partial charge in [0.05, 0.1) is 6.54 Å². The SMILES string of the molecule is Cc1cc(C)c(C(C)(C)CNCC(N)=O)c(C)c1. The summed E-state index contributed by atoms with van der Waals surface area (Å²) in [4.78, 5) is 10.8. The molecule has 1 aromatic rings. The Morgan fingerprint density at radius 3 is 2.17 bits per heavy atom. The summed E-state index contributed by atoms with van der Waals surface area (Å²) in [6.45, 7) is 11.7. The molecule has 0 saturated heterocycles. The Kier molecular flexibility index (Phi) is 4.52. The number of hydrogen-bond acceptors (Lipinski definition) is 2. The van der Waals surface area contributed by atoms with E-state index in [1.807, 2.05) is 0 Å². The quantitative estimate of drug-likeness (QED) is 0.837. The molecule has 0 aliphatic rings. The monoisotopic (exact) mass is 248 g/mol. The van der Waals surface area contributed by atoms with Gasteiger partial charge in [0.1, 0.15) is 0 Å². The third kappa shape index (κ3) is 3.57. The fraction of sp³-hybridized carbons (Fsp3) is 0.533. The van der Waals surface area contributed by atoms with Crippen LogP contribution in [0.2, 0.25) is 0 Å². The topological polar surface area (TPSA) is 55.1 Å². The third-order valence-electron chi connectivity index (χ3n) is 3.22. The highest BCUT2D eigenvalue weighted by molar-refractivity contribution is 5.75. The molecule has 0 radical (unpaired) electrons. The van der Waals surface area contributed by atoms with Crippen LogP contribution in [0.3, 0.4) is 0 Å². The number of carbonyl (C=O) groups is 1. The van der Waals surface area contributed by atoms with E-state index in [4.69, 9.17) is 5.73 Å². The Morgan fingerprint density at radius 2 is 1.72 bits per heavy atom. The predicted octanol–water partition coefficient (Wildman–Crippen LogP) is 1.96. The number of primary amides is 1. The molecule has 0 fully saturated rings. The molecule has 3 heteroatoms. The molecule has 100 valence electrons. The van der Waals surface area contributed by atoms with Gasteiger partial charge in [0.2, 0.25) is 5.91 Å². The van der Waals surface area contributed by atoms with Crippen LogP contribution in [0.4, 0.5) is 0 Å². The second kappa shape index (κ2) is 5.53. The van der Waals surface area contributed by atoms with E-state index in [9.17, 15) is 4.79 Å². The number of benzene rings is 1. The summed E-state index contributed by atoms with van der Waals surface area (Å²) >= 11 is 0. The van der Waals surface area contributed by atoms with E-state index in [0.717, 1.165) is 6.54 Å². The highest BCUT2D eigenvalue weighted by Crippen LogP contribution is 2.29.